The maximum atomic E-state index is 12.6. The first-order valence-corrected chi connectivity index (χ1v) is 10.7. The molecule has 2 unspecified atom stereocenters. The maximum absolute atomic E-state index is 12.6. The average molecular weight is 449 g/mol. The van der Waals surface area contributed by atoms with Crippen molar-refractivity contribution in [1.29, 1.82) is 0 Å². The van der Waals surface area contributed by atoms with Crippen LogP contribution < -0.4 is 0 Å². The number of hydrogen-bond donors (Lipinski definition) is 0. The zero-order valence-corrected chi connectivity index (χ0v) is 17.4. The molecule has 0 radical (unpaired) electrons. The second kappa shape index (κ2) is 7.64. The van der Waals surface area contributed by atoms with Crippen molar-refractivity contribution in [2.24, 2.45) is 0 Å². The molecule has 2 aliphatic rings. The Morgan fingerprint density at radius 3 is 2.48 bits per heavy atom. The van der Waals surface area contributed by atoms with E-state index in [0.29, 0.717) is 13.1 Å². The van der Waals surface area contributed by atoms with Crippen molar-refractivity contribution in [3.63, 3.8) is 0 Å². The summed E-state index contributed by atoms with van der Waals surface area (Å²) in [7, 11) is 0. The summed E-state index contributed by atoms with van der Waals surface area (Å²) in [6.45, 7) is 3.36. The van der Waals surface area contributed by atoms with Crippen molar-refractivity contribution in [2.45, 2.75) is 38.0 Å². The van der Waals surface area contributed by atoms with E-state index < -0.39 is 0 Å². The summed E-state index contributed by atoms with van der Waals surface area (Å²) < 4.78 is 6.63. The summed E-state index contributed by atoms with van der Waals surface area (Å²) in [5.74, 6) is 0.0726. The highest BCUT2D eigenvalue weighted by molar-refractivity contribution is 9.11. The third kappa shape index (κ3) is 3.62. The van der Waals surface area contributed by atoms with E-state index in [4.69, 9.17) is 4.74 Å². The Morgan fingerprint density at radius 2 is 1.85 bits per heavy atom. The van der Waals surface area contributed by atoms with Crippen LogP contribution in [0.25, 0.3) is 0 Å². The molecular weight excluding hydrogens is 428 g/mol. The van der Waals surface area contributed by atoms with Crippen molar-refractivity contribution in [3.8, 4) is 0 Å². The summed E-state index contributed by atoms with van der Waals surface area (Å²) in [5, 5.41) is 0. The largest absolute Gasteiger partial charge is 0.439 e. The summed E-state index contributed by atoms with van der Waals surface area (Å²) >= 11 is 4.86. The van der Waals surface area contributed by atoms with E-state index >= 15 is 0 Å². The predicted octanol–water partition coefficient (Wildman–Crippen LogP) is 4.70. The number of nitrogens with zero attached hydrogens (tertiary/aromatic N) is 2. The van der Waals surface area contributed by atoms with Gasteiger partial charge in [-0.25, -0.2) is 4.79 Å². The van der Waals surface area contributed by atoms with E-state index in [-0.39, 0.29) is 30.2 Å². The monoisotopic (exact) mass is 448 g/mol. The molecule has 2 saturated heterocycles. The molecule has 0 aliphatic carbocycles. The number of halogens is 1. The molecule has 2 atom stereocenters. The normalized spacial score (nSPS) is 23.6. The minimum absolute atomic E-state index is 0.0135. The van der Waals surface area contributed by atoms with Gasteiger partial charge in [0.25, 0.3) is 5.91 Å². The van der Waals surface area contributed by atoms with E-state index in [2.05, 4.69) is 15.9 Å². The molecule has 27 heavy (non-hydrogen) atoms. The molecule has 0 spiro atoms. The predicted molar refractivity (Wildman–Crippen MR) is 108 cm³/mol. The fraction of sp³-hybridized carbons (Fsp3) is 0.400. The molecule has 142 valence electrons. The Hall–Kier alpha value is -1.86. The summed E-state index contributed by atoms with van der Waals surface area (Å²) in [5.41, 5.74) is 1.02. The van der Waals surface area contributed by atoms with Crippen molar-refractivity contribution >= 4 is 39.3 Å². The fourth-order valence-electron chi connectivity index (χ4n) is 3.98. The zero-order valence-electron chi connectivity index (χ0n) is 15.0. The Bertz CT molecular complexity index is 833. The Balaban J connectivity index is 1.40. The van der Waals surface area contributed by atoms with E-state index in [1.165, 1.54) is 11.3 Å². The van der Waals surface area contributed by atoms with Gasteiger partial charge in [0.2, 0.25) is 0 Å². The van der Waals surface area contributed by atoms with Crippen molar-refractivity contribution in [3.05, 3.63) is 56.7 Å². The van der Waals surface area contributed by atoms with Gasteiger partial charge in [0, 0.05) is 19.1 Å². The molecule has 0 saturated carbocycles. The molecule has 2 fully saturated rings. The topological polar surface area (TPSA) is 49.9 Å². The lowest BCUT2D eigenvalue weighted by molar-refractivity contribution is 0.0645. The van der Waals surface area contributed by atoms with Crippen LogP contribution >= 0.6 is 27.3 Å². The molecule has 0 bridgehead atoms. The van der Waals surface area contributed by atoms with Crippen LogP contribution in [0.3, 0.4) is 0 Å². The molecular formula is C20H21BrN2O3S. The second-order valence-electron chi connectivity index (χ2n) is 6.99. The summed E-state index contributed by atoms with van der Waals surface area (Å²) in [4.78, 5) is 29.7. The average Bonchev–Trinajstić information content (AvgIpc) is 3.25. The molecule has 7 heteroatoms. The van der Waals surface area contributed by atoms with Gasteiger partial charge in [0.05, 0.1) is 14.7 Å². The lowest BCUT2D eigenvalue weighted by atomic mass is 9.98. The number of carbonyl (C=O) groups excluding carboxylic acids is 2. The van der Waals surface area contributed by atoms with Gasteiger partial charge in [0.1, 0.15) is 6.10 Å². The number of ether oxygens (including phenoxy) is 1. The number of carbonyl (C=O) groups is 2. The van der Waals surface area contributed by atoms with Crippen LogP contribution in [0.2, 0.25) is 0 Å². The Morgan fingerprint density at radius 1 is 1.15 bits per heavy atom. The van der Waals surface area contributed by atoms with Crippen molar-refractivity contribution < 1.29 is 14.3 Å². The minimum Gasteiger partial charge on any atom is -0.439 e. The van der Waals surface area contributed by atoms with Crippen molar-refractivity contribution in [1.82, 2.24) is 9.80 Å². The van der Waals surface area contributed by atoms with Gasteiger partial charge in [-0.15, -0.1) is 11.3 Å². The van der Waals surface area contributed by atoms with Crippen molar-refractivity contribution in [2.75, 3.05) is 13.1 Å². The smallest absolute Gasteiger partial charge is 0.411 e. The molecule has 4 rings (SSSR count). The highest BCUT2D eigenvalue weighted by atomic mass is 79.9. The lowest BCUT2D eigenvalue weighted by Gasteiger charge is -2.37. The van der Waals surface area contributed by atoms with Crippen LogP contribution in [0, 0.1) is 0 Å². The molecule has 3 heterocycles. The summed E-state index contributed by atoms with van der Waals surface area (Å²) in [6.07, 6.45) is 1.07. The van der Waals surface area contributed by atoms with Gasteiger partial charge in [-0.05, 0) is 53.4 Å². The SMILES string of the molecule is CC1C(c2ccccc2)OC(=O)N1C1CCN(C(=O)c2ccc(Br)s2)CC1. The van der Waals surface area contributed by atoms with E-state index in [0.717, 1.165) is 27.1 Å². The molecule has 2 aromatic rings. The third-order valence-electron chi connectivity index (χ3n) is 5.37. The van der Waals surface area contributed by atoms with Crippen LogP contribution in [-0.4, -0.2) is 47.0 Å². The van der Waals surface area contributed by atoms with E-state index in [1.807, 2.05) is 59.2 Å². The maximum Gasteiger partial charge on any atom is 0.411 e. The summed E-state index contributed by atoms with van der Waals surface area (Å²) in [6, 6.07) is 13.7. The van der Waals surface area contributed by atoms with Gasteiger partial charge in [-0.3, -0.25) is 9.69 Å². The van der Waals surface area contributed by atoms with Crippen LogP contribution in [0.5, 0.6) is 0 Å². The van der Waals surface area contributed by atoms with E-state index in [9.17, 15) is 9.59 Å². The first kappa shape index (κ1) is 18.5. The number of cyclic esters (lactones) is 1. The van der Waals surface area contributed by atoms with Crippen LogP contribution in [0.4, 0.5) is 4.79 Å². The standard InChI is InChI=1S/C20H21BrN2O3S/c1-13-18(14-5-3-2-4-6-14)26-20(25)23(13)15-9-11-22(12-10-15)19(24)16-7-8-17(21)27-16/h2-8,13,15,18H,9-12H2,1H3. The number of piperidine rings is 1. The quantitative estimate of drug-likeness (QED) is 0.683. The van der Waals surface area contributed by atoms with Gasteiger partial charge >= 0.3 is 6.09 Å². The number of benzene rings is 1. The highest BCUT2D eigenvalue weighted by Crippen LogP contribution is 2.36. The number of likely N-dealkylation sites (tertiary alicyclic amines) is 1. The van der Waals surface area contributed by atoms with Gasteiger partial charge < -0.3 is 9.64 Å². The highest BCUT2D eigenvalue weighted by Gasteiger charge is 2.44. The molecule has 0 N–H and O–H groups in total. The fourth-order valence-corrected chi connectivity index (χ4v) is 5.34. The minimum atomic E-state index is -0.247. The Labute approximate surface area is 171 Å². The molecule has 2 aliphatic heterocycles. The number of thiophene rings is 1. The van der Waals surface area contributed by atoms with Gasteiger partial charge in [-0.2, -0.15) is 0 Å². The van der Waals surface area contributed by atoms with Gasteiger partial charge in [0.15, 0.2) is 0 Å². The third-order valence-corrected chi connectivity index (χ3v) is 6.98. The van der Waals surface area contributed by atoms with Crippen LogP contribution in [0.1, 0.15) is 41.1 Å². The lowest BCUT2D eigenvalue weighted by Crippen LogP contribution is -2.49. The molecule has 1 aromatic heterocycles. The van der Waals surface area contributed by atoms with Crippen LogP contribution in [-0.2, 0) is 4.74 Å². The number of hydrogen-bond acceptors (Lipinski definition) is 4. The molecule has 1 aromatic carbocycles. The van der Waals surface area contributed by atoms with Crippen LogP contribution in [0.15, 0.2) is 46.3 Å². The Kier molecular flexibility index (Phi) is 5.23. The second-order valence-corrected chi connectivity index (χ2v) is 9.45. The van der Waals surface area contributed by atoms with E-state index in [1.54, 1.807) is 0 Å². The number of rotatable bonds is 3. The first-order valence-electron chi connectivity index (χ1n) is 9.13. The number of amides is 2. The first-order chi connectivity index (χ1) is 13.0. The zero-order chi connectivity index (χ0) is 19.0. The molecule has 2 amide bonds. The molecule has 5 nitrogen and oxygen atoms in total. The van der Waals surface area contributed by atoms with Gasteiger partial charge in [-0.1, -0.05) is 30.3 Å².